The van der Waals surface area contributed by atoms with E-state index in [1.54, 1.807) is 24.3 Å². The number of carbonyl (C=O) groups is 2. The fraction of sp³-hybridized carbons (Fsp3) is 0.619. The van der Waals surface area contributed by atoms with Crippen molar-refractivity contribution < 1.29 is 14.3 Å². The molecular weight excluding hydrogens is 378 g/mol. The van der Waals surface area contributed by atoms with Gasteiger partial charge in [-0.15, -0.1) is 0 Å². The van der Waals surface area contributed by atoms with Crippen LogP contribution in [-0.2, 0) is 9.53 Å². The van der Waals surface area contributed by atoms with Crippen molar-refractivity contribution in [3.63, 3.8) is 0 Å². The van der Waals surface area contributed by atoms with Gasteiger partial charge in [-0.05, 0) is 63.5 Å². The van der Waals surface area contributed by atoms with Crippen LogP contribution in [0.1, 0.15) is 43.5 Å². The molecule has 0 bridgehead atoms. The van der Waals surface area contributed by atoms with Crippen molar-refractivity contribution in [1.29, 1.82) is 0 Å². The normalized spacial score (nSPS) is 17.4. The van der Waals surface area contributed by atoms with Crippen molar-refractivity contribution in [3.8, 4) is 0 Å². The van der Waals surface area contributed by atoms with E-state index in [0.717, 1.165) is 12.8 Å². The van der Waals surface area contributed by atoms with Crippen LogP contribution in [0.15, 0.2) is 24.3 Å². The first-order chi connectivity index (χ1) is 13.2. The molecule has 0 radical (unpaired) electrons. The molecule has 1 aliphatic rings. The molecule has 0 spiro atoms. The number of hydrogen-bond acceptors (Lipinski definition) is 4. The van der Waals surface area contributed by atoms with Crippen LogP contribution >= 0.6 is 11.6 Å². The Kier molecular flexibility index (Phi) is 8.28. The fourth-order valence-corrected chi connectivity index (χ4v) is 3.58. The van der Waals surface area contributed by atoms with Crippen molar-refractivity contribution in [2.24, 2.45) is 5.92 Å². The molecule has 2 rings (SSSR count). The Balaban J connectivity index is 2.03. The van der Waals surface area contributed by atoms with Crippen LogP contribution in [0.5, 0.6) is 0 Å². The van der Waals surface area contributed by atoms with Gasteiger partial charge in [-0.1, -0.05) is 25.4 Å². The lowest BCUT2D eigenvalue weighted by Crippen LogP contribution is -2.58. The number of rotatable bonds is 8. The molecule has 156 valence electrons. The number of likely N-dealkylation sites (N-methyl/N-ethyl adjacent to an activating group) is 1. The first-order valence-corrected chi connectivity index (χ1v) is 10.2. The van der Waals surface area contributed by atoms with Crippen molar-refractivity contribution in [2.75, 3.05) is 33.9 Å². The van der Waals surface area contributed by atoms with E-state index in [4.69, 9.17) is 16.3 Å². The second kappa shape index (κ2) is 10.2. The third-order valence-electron chi connectivity index (χ3n) is 5.40. The van der Waals surface area contributed by atoms with Crippen LogP contribution < -0.4 is 10.6 Å². The fourth-order valence-electron chi connectivity index (χ4n) is 3.45. The summed E-state index contributed by atoms with van der Waals surface area (Å²) < 4.78 is 5.49. The van der Waals surface area contributed by atoms with Crippen molar-refractivity contribution in [2.45, 2.75) is 44.7 Å². The summed E-state index contributed by atoms with van der Waals surface area (Å²) in [5, 5.41) is 6.52. The van der Waals surface area contributed by atoms with Gasteiger partial charge >= 0.3 is 0 Å². The van der Waals surface area contributed by atoms with E-state index in [9.17, 15) is 9.59 Å². The number of halogens is 1. The SMILES string of the molecule is CC(C)CC(NC(=O)c1ccc(Cl)cc1)C(=O)NCC1(N(C)C)CCOCC1. The van der Waals surface area contributed by atoms with E-state index in [0.29, 0.717) is 36.8 Å². The molecule has 0 aromatic heterocycles. The molecule has 1 fully saturated rings. The van der Waals surface area contributed by atoms with Gasteiger partial charge in [-0.25, -0.2) is 0 Å². The van der Waals surface area contributed by atoms with Crippen molar-refractivity contribution in [3.05, 3.63) is 34.9 Å². The molecule has 1 unspecified atom stereocenters. The second-order valence-electron chi connectivity index (χ2n) is 8.11. The summed E-state index contributed by atoms with van der Waals surface area (Å²) in [4.78, 5) is 27.6. The summed E-state index contributed by atoms with van der Waals surface area (Å²) in [6, 6.07) is 6.07. The summed E-state index contributed by atoms with van der Waals surface area (Å²) in [5.41, 5.74) is 0.372. The van der Waals surface area contributed by atoms with Gasteiger partial charge in [0.05, 0.1) is 0 Å². The first kappa shape index (κ1) is 22.7. The van der Waals surface area contributed by atoms with Gasteiger partial charge in [0.1, 0.15) is 6.04 Å². The first-order valence-electron chi connectivity index (χ1n) is 9.83. The Morgan fingerprint density at radius 2 is 1.79 bits per heavy atom. The van der Waals surface area contributed by atoms with E-state index in [1.165, 1.54) is 0 Å². The zero-order valence-electron chi connectivity index (χ0n) is 17.3. The summed E-state index contributed by atoms with van der Waals surface area (Å²) in [6.07, 6.45) is 2.31. The predicted octanol–water partition coefficient (Wildman–Crippen LogP) is 2.71. The smallest absolute Gasteiger partial charge is 0.251 e. The van der Waals surface area contributed by atoms with E-state index in [-0.39, 0.29) is 23.3 Å². The van der Waals surface area contributed by atoms with Crippen LogP contribution in [0.25, 0.3) is 0 Å². The Bertz CT molecular complexity index is 655. The van der Waals surface area contributed by atoms with Crippen LogP contribution in [0.2, 0.25) is 5.02 Å². The monoisotopic (exact) mass is 409 g/mol. The number of amides is 2. The highest BCUT2D eigenvalue weighted by atomic mass is 35.5. The predicted molar refractivity (Wildman–Crippen MR) is 112 cm³/mol. The highest BCUT2D eigenvalue weighted by Gasteiger charge is 2.36. The molecule has 7 heteroatoms. The number of nitrogens with one attached hydrogen (secondary N) is 2. The van der Waals surface area contributed by atoms with E-state index < -0.39 is 6.04 Å². The molecule has 1 aromatic rings. The molecule has 1 aromatic carbocycles. The van der Waals surface area contributed by atoms with Gasteiger partial charge < -0.3 is 20.3 Å². The Labute approximate surface area is 172 Å². The molecule has 1 atom stereocenters. The largest absolute Gasteiger partial charge is 0.381 e. The van der Waals surface area contributed by atoms with E-state index in [2.05, 4.69) is 15.5 Å². The zero-order chi connectivity index (χ0) is 20.7. The number of carbonyl (C=O) groups excluding carboxylic acids is 2. The van der Waals surface area contributed by atoms with Crippen LogP contribution in [0, 0.1) is 5.92 Å². The van der Waals surface area contributed by atoms with Gasteiger partial charge in [0.2, 0.25) is 5.91 Å². The summed E-state index contributed by atoms with van der Waals surface area (Å²) in [5.74, 6) is -0.151. The minimum absolute atomic E-state index is 0.115. The lowest BCUT2D eigenvalue weighted by molar-refractivity contribution is -0.124. The molecule has 2 N–H and O–H groups in total. The highest BCUT2D eigenvalue weighted by Crippen LogP contribution is 2.25. The van der Waals surface area contributed by atoms with Crippen molar-refractivity contribution >= 4 is 23.4 Å². The second-order valence-corrected chi connectivity index (χ2v) is 8.55. The number of nitrogens with zero attached hydrogens (tertiary/aromatic N) is 1. The minimum atomic E-state index is -0.581. The van der Waals surface area contributed by atoms with Gasteiger partial charge in [-0.2, -0.15) is 0 Å². The molecule has 0 aliphatic carbocycles. The summed E-state index contributed by atoms with van der Waals surface area (Å²) in [7, 11) is 4.07. The number of ether oxygens (including phenoxy) is 1. The molecule has 1 saturated heterocycles. The topological polar surface area (TPSA) is 70.7 Å². The van der Waals surface area contributed by atoms with E-state index >= 15 is 0 Å². The molecule has 1 heterocycles. The Morgan fingerprint density at radius 1 is 1.18 bits per heavy atom. The van der Waals surface area contributed by atoms with E-state index in [1.807, 2.05) is 27.9 Å². The Morgan fingerprint density at radius 3 is 2.32 bits per heavy atom. The average Bonchev–Trinajstić information content (AvgIpc) is 2.66. The third-order valence-corrected chi connectivity index (χ3v) is 5.65. The maximum atomic E-state index is 12.9. The quantitative estimate of drug-likeness (QED) is 0.692. The van der Waals surface area contributed by atoms with Crippen molar-refractivity contribution in [1.82, 2.24) is 15.5 Å². The Hall–Kier alpha value is -1.63. The maximum Gasteiger partial charge on any atom is 0.251 e. The lowest BCUT2D eigenvalue weighted by atomic mass is 9.88. The highest BCUT2D eigenvalue weighted by molar-refractivity contribution is 6.30. The van der Waals surface area contributed by atoms with Gasteiger partial charge in [-0.3, -0.25) is 9.59 Å². The molecule has 2 amide bonds. The van der Waals surface area contributed by atoms with Crippen LogP contribution in [-0.4, -0.2) is 62.1 Å². The molecule has 1 aliphatic heterocycles. The van der Waals surface area contributed by atoms with Gasteiger partial charge in [0, 0.05) is 35.9 Å². The summed E-state index contributed by atoms with van der Waals surface area (Å²) >= 11 is 5.89. The molecular formula is C21H32ClN3O3. The summed E-state index contributed by atoms with van der Waals surface area (Å²) in [6.45, 7) is 5.99. The minimum Gasteiger partial charge on any atom is -0.381 e. The standard InChI is InChI=1S/C21H32ClN3O3/c1-15(2)13-18(24-19(26)16-5-7-17(22)8-6-16)20(27)23-14-21(25(3)4)9-11-28-12-10-21/h5-8,15,18H,9-14H2,1-4H3,(H,23,27)(H,24,26). The van der Waals surface area contributed by atoms with Crippen LogP contribution in [0.3, 0.4) is 0 Å². The van der Waals surface area contributed by atoms with Gasteiger partial charge in [0.15, 0.2) is 0 Å². The molecule has 6 nitrogen and oxygen atoms in total. The van der Waals surface area contributed by atoms with Gasteiger partial charge in [0.25, 0.3) is 5.91 Å². The van der Waals surface area contributed by atoms with Crippen LogP contribution in [0.4, 0.5) is 0 Å². The number of hydrogen-bond donors (Lipinski definition) is 2. The third kappa shape index (κ3) is 6.19. The lowest BCUT2D eigenvalue weighted by Gasteiger charge is -2.43. The maximum absolute atomic E-state index is 12.9. The number of benzene rings is 1. The zero-order valence-corrected chi connectivity index (χ0v) is 18.0. The average molecular weight is 410 g/mol. The molecule has 0 saturated carbocycles. The molecule has 28 heavy (non-hydrogen) atoms.